The van der Waals surface area contributed by atoms with Crippen LogP contribution in [-0.2, 0) is 16.1 Å². The molecule has 1 heterocycles. The maximum atomic E-state index is 13.7. The molecule has 26 heavy (non-hydrogen) atoms. The van der Waals surface area contributed by atoms with E-state index < -0.39 is 5.82 Å². The molecule has 1 aromatic heterocycles. The Labute approximate surface area is 154 Å². The molecule has 3 rings (SSSR count). The molecule has 0 radical (unpaired) electrons. The molecule has 0 atom stereocenters. The summed E-state index contributed by atoms with van der Waals surface area (Å²) in [5.41, 5.74) is 0.817. The van der Waals surface area contributed by atoms with Crippen LogP contribution in [0, 0.1) is 5.82 Å². The first-order valence-corrected chi connectivity index (χ1v) is 8.74. The monoisotopic (exact) mass is 373 g/mol. The minimum absolute atomic E-state index is 0.0294. The number of esters is 1. The normalized spacial score (nSPS) is 10.5. The lowest BCUT2D eigenvalue weighted by Gasteiger charge is -2.11. The summed E-state index contributed by atoms with van der Waals surface area (Å²) in [7, 11) is 1.33. The van der Waals surface area contributed by atoms with Gasteiger partial charge in [-0.15, -0.1) is 10.2 Å². The van der Waals surface area contributed by atoms with Crippen LogP contribution >= 0.6 is 11.8 Å². The summed E-state index contributed by atoms with van der Waals surface area (Å²) in [5.74, 6) is -0.0682. The predicted molar refractivity (Wildman–Crippen MR) is 94.8 cm³/mol. The SMILES string of the molecule is COC(=O)CSc1nnc(COc2ccccc2F)n1-c1ccccc1. The van der Waals surface area contributed by atoms with Gasteiger partial charge in [0.25, 0.3) is 0 Å². The molecule has 0 spiro atoms. The Kier molecular flexibility index (Phi) is 5.85. The van der Waals surface area contributed by atoms with E-state index in [1.165, 1.54) is 24.9 Å². The van der Waals surface area contributed by atoms with E-state index >= 15 is 0 Å². The molecule has 8 heteroatoms. The summed E-state index contributed by atoms with van der Waals surface area (Å²) >= 11 is 1.21. The lowest BCUT2D eigenvalue weighted by Crippen LogP contribution is -2.08. The van der Waals surface area contributed by atoms with Crippen molar-refractivity contribution >= 4 is 17.7 Å². The lowest BCUT2D eigenvalue weighted by molar-refractivity contribution is -0.137. The first-order valence-electron chi connectivity index (χ1n) is 7.75. The van der Waals surface area contributed by atoms with Crippen molar-refractivity contribution in [3.05, 3.63) is 66.2 Å². The van der Waals surface area contributed by atoms with Crippen molar-refractivity contribution in [3.8, 4) is 11.4 Å². The van der Waals surface area contributed by atoms with E-state index in [0.717, 1.165) is 5.69 Å². The van der Waals surface area contributed by atoms with E-state index in [4.69, 9.17) is 4.74 Å². The van der Waals surface area contributed by atoms with E-state index in [1.807, 2.05) is 30.3 Å². The minimum Gasteiger partial charge on any atom is -0.483 e. The van der Waals surface area contributed by atoms with Crippen LogP contribution in [0.5, 0.6) is 5.75 Å². The highest BCUT2D eigenvalue weighted by Gasteiger charge is 2.17. The lowest BCUT2D eigenvalue weighted by atomic mass is 10.3. The van der Waals surface area contributed by atoms with Gasteiger partial charge >= 0.3 is 5.97 Å². The zero-order valence-corrected chi connectivity index (χ0v) is 14.8. The minimum atomic E-state index is -0.446. The van der Waals surface area contributed by atoms with Gasteiger partial charge in [-0.1, -0.05) is 42.1 Å². The van der Waals surface area contributed by atoms with Gasteiger partial charge in [0.15, 0.2) is 22.5 Å². The van der Waals surface area contributed by atoms with Gasteiger partial charge in [0.2, 0.25) is 0 Å². The van der Waals surface area contributed by atoms with Gasteiger partial charge in [0.05, 0.1) is 12.9 Å². The van der Waals surface area contributed by atoms with Crippen molar-refractivity contribution in [1.29, 1.82) is 0 Å². The third kappa shape index (κ3) is 4.20. The number of carbonyl (C=O) groups excluding carboxylic acids is 1. The van der Waals surface area contributed by atoms with Crippen molar-refractivity contribution in [2.75, 3.05) is 12.9 Å². The van der Waals surface area contributed by atoms with E-state index in [2.05, 4.69) is 14.9 Å². The van der Waals surface area contributed by atoms with E-state index in [-0.39, 0.29) is 24.1 Å². The molecule has 2 aromatic carbocycles. The number of aromatic nitrogens is 3. The Hall–Kier alpha value is -2.87. The number of rotatable bonds is 7. The van der Waals surface area contributed by atoms with Crippen molar-refractivity contribution in [2.24, 2.45) is 0 Å². The Morgan fingerprint density at radius 1 is 1.12 bits per heavy atom. The van der Waals surface area contributed by atoms with Crippen LogP contribution in [0.4, 0.5) is 4.39 Å². The summed E-state index contributed by atoms with van der Waals surface area (Å²) in [5, 5.41) is 8.78. The zero-order chi connectivity index (χ0) is 18.4. The number of carbonyl (C=O) groups is 1. The van der Waals surface area contributed by atoms with Gasteiger partial charge < -0.3 is 9.47 Å². The van der Waals surface area contributed by atoms with Gasteiger partial charge in [0, 0.05) is 5.69 Å². The fraction of sp³-hybridized carbons (Fsp3) is 0.167. The van der Waals surface area contributed by atoms with E-state index in [9.17, 15) is 9.18 Å². The summed E-state index contributed by atoms with van der Waals surface area (Å²) in [6.07, 6.45) is 0. The molecule has 0 aliphatic carbocycles. The van der Waals surface area contributed by atoms with Crippen LogP contribution in [-0.4, -0.2) is 33.6 Å². The van der Waals surface area contributed by atoms with Gasteiger partial charge in [-0.3, -0.25) is 9.36 Å². The second-order valence-electron chi connectivity index (χ2n) is 5.15. The average Bonchev–Trinajstić information content (AvgIpc) is 3.09. The predicted octanol–water partition coefficient (Wildman–Crippen LogP) is 3.25. The Bertz CT molecular complexity index is 886. The number of halogens is 1. The second kappa shape index (κ2) is 8.48. The Balaban J connectivity index is 1.86. The molecule has 6 nitrogen and oxygen atoms in total. The third-order valence-electron chi connectivity index (χ3n) is 3.45. The summed E-state index contributed by atoms with van der Waals surface area (Å²) in [6, 6.07) is 15.6. The zero-order valence-electron chi connectivity index (χ0n) is 14.0. The van der Waals surface area contributed by atoms with Crippen molar-refractivity contribution in [3.63, 3.8) is 0 Å². The number of para-hydroxylation sites is 2. The van der Waals surface area contributed by atoms with Crippen molar-refractivity contribution in [1.82, 2.24) is 14.8 Å². The molecule has 0 amide bonds. The molecule has 0 N–H and O–H groups in total. The molecular weight excluding hydrogens is 357 g/mol. The molecule has 134 valence electrons. The van der Waals surface area contributed by atoms with Crippen molar-refractivity contribution < 1.29 is 18.7 Å². The number of hydrogen-bond acceptors (Lipinski definition) is 6. The number of methoxy groups -OCH3 is 1. The van der Waals surface area contributed by atoms with E-state index in [1.54, 1.807) is 22.8 Å². The molecule has 0 saturated carbocycles. The van der Waals surface area contributed by atoms with Gasteiger partial charge in [0.1, 0.15) is 6.61 Å². The molecule has 0 aliphatic heterocycles. The molecule has 0 saturated heterocycles. The quantitative estimate of drug-likeness (QED) is 0.468. The number of benzene rings is 2. The van der Waals surface area contributed by atoms with E-state index in [0.29, 0.717) is 11.0 Å². The second-order valence-corrected chi connectivity index (χ2v) is 6.10. The molecular formula is C18H16FN3O3S. The molecule has 3 aromatic rings. The van der Waals surface area contributed by atoms with Gasteiger partial charge in [-0.2, -0.15) is 0 Å². The van der Waals surface area contributed by atoms with Crippen LogP contribution in [0.25, 0.3) is 5.69 Å². The van der Waals surface area contributed by atoms with Crippen LogP contribution in [0.1, 0.15) is 5.82 Å². The van der Waals surface area contributed by atoms with Crippen LogP contribution in [0.3, 0.4) is 0 Å². The van der Waals surface area contributed by atoms with Gasteiger partial charge in [-0.25, -0.2) is 4.39 Å². The van der Waals surface area contributed by atoms with Gasteiger partial charge in [-0.05, 0) is 24.3 Å². The maximum Gasteiger partial charge on any atom is 0.316 e. The fourth-order valence-electron chi connectivity index (χ4n) is 2.21. The first kappa shape index (κ1) is 17.9. The largest absolute Gasteiger partial charge is 0.483 e. The first-order chi connectivity index (χ1) is 12.7. The van der Waals surface area contributed by atoms with Crippen molar-refractivity contribution in [2.45, 2.75) is 11.8 Å². The maximum absolute atomic E-state index is 13.7. The Morgan fingerprint density at radius 2 is 1.85 bits per heavy atom. The number of ether oxygens (including phenoxy) is 2. The number of nitrogens with zero attached hydrogens (tertiary/aromatic N) is 3. The third-order valence-corrected chi connectivity index (χ3v) is 4.36. The molecule has 0 bridgehead atoms. The molecule has 0 unspecified atom stereocenters. The summed E-state index contributed by atoms with van der Waals surface area (Å²) in [4.78, 5) is 11.4. The standard InChI is InChI=1S/C18H16FN3O3S/c1-24-17(23)12-26-18-21-20-16(22(18)13-7-3-2-4-8-13)11-25-15-10-6-5-9-14(15)19/h2-10H,11-12H2,1H3. The fourth-order valence-corrected chi connectivity index (χ4v) is 3.01. The van der Waals surface area contributed by atoms with Crippen LogP contribution in [0.15, 0.2) is 59.8 Å². The number of thioether (sulfide) groups is 1. The molecule has 0 fully saturated rings. The topological polar surface area (TPSA) is 66.2 Å². The number of hydrogen-bond donors (Lipinski definition) is 0. The smallest absolute Gasteiger partial charge is 0.316 e. The Morgan fingerprint density at radius 3 is 2.58 bits per heavy atom. The highest BCUT2D eigenvalue weighted by molar-refractivity contribution is 7.99. The highest BCUT2D eigenvalue weighted by Crippen LogP contribution is 2.23. The highest BCUT2D eigenvalue weighted by atomic mass is 32.2. The summed E-state index contributed by atoms with van der Waals surface area (Å²) in [6.45, 7) is 0.0294. The summed E-state index contributed by atoms with van der Waals surface area (Å²) < 4.78 is 25.7. The average molecular weight is 373 g/mol. The van der Waals surface area contributed by atoms with Crippen LogP contribution in [0.2, 0.25) is 0 Å². The van der Waals surface area contributed by atoms with Crippen LogP contribution < -0.4 is 4.74 Å². The molecule has 0 aliphatic rings.